The highest BCUT2D eigenvalue weighted by atomic mass is 16.2. The van der Waals surface area contributed by atoms with E-state index in [0.29, 0.717) is 17.7 Å². The number of hydrogen-bond acceptors (Lipinski definition) is 3. The van der Waals surface area contributed by atoms with E-state index in [9.17, 15) is 9.59 Å². The molecule has 19 heavy (non-hydrogen) atoms. The van der Waals surface area contributed by atoms with Gasteiger partial charge in [-0.3, -0.25) is 9.59 Å². The molecular formula is C14H21N3O2. The second-order valence-electron chi connectivity index (χ2n) is 4.59. The second kappa shape index (κ2) is 6.33. The molecule has 1 rings (SSSR count). The van der Waals surface area contributed by atoms with Crippen LogP contribution in [0, 0.1) is 0 Å². The van der Waals surface area contributed by atoms with E-state index in [1.165, 1.54) is 6.07 Å². The monoisotopic (exact) mass is 263 g/mol. The largest absolute Gasteiger partial charge is 0.366 e. The first kappa shape index (κ1) is 15.2. The Labute approximate surface area is 113 Å². The first-order chi connectivity index (χ1) is 8.98. The number of rotatable bonds is 6. The molecule has 0 aliphatic carbocycles. The Morgan fingerprint density at radius 2 is 1.79 bits per heavy atom. The summed E-state index contributed by atoms with van der Waals surface area (Å²) in [5.41, 5.74) is 11.3. The van der Waals surface area contributed by atoms with Crippen LogP contribution in [0.4, 0.5) is 0 Å². The van der Waals surface area contributed by atoms with Gasteiger partial charge in [-0.15, -0.1) is 0 Å². The van der Waals surface area contributed by atoms with Crippen molar-refractivity contribution in [3.8, 4) is 0 Å². The van der Waals surface area contributed by atoms with Crippen molar-refractivity contribution in [1.29, 1.82) is 0 Å². The molecule has 0 fully saturated rings. The molecule has 5 nitrogen and oxygen atoms in total. The van der Waals surface area contributed by atoms with Gasteiger partial charge in [0.05, 0.1) is 5.54 Å². The van der Waals surface area contributed by atoms with E-state index in [2.05, 4.69) is 5.32 Å². The van der Waals surface area contributed by atoms with Crippen molar-refractivity contribution in [2.24, 2.45) is 11.5 Å². The molecule has 0 bridgehead atoms. The van der Waals surface area contributed by atoms with E-state index in [1.54, 1.807) is 18.2 Å². The first-order valence-electron chi connectivity index (χ1n) is 6.40. The number of carbonyl (C=O) groups excluding carboxylic acids is 2. The van der Waals surface area contributed by atoms with Crippen LogP contribution >= 0.6 is 0 Å². The lowest BCUT2D eigenvalue weighted by molar-refractivity contribution is 0.0895. The van der Waals surface area contributed by atoms with E-state index < -0.39 is 11.4 Å². The lowest BCUT2D eigenvalue weighted by Crippen LogP contribution is -2.52. The van der Waals surface area contributed by atoms with Gasteiger partial charge in [0.25, 0.3) is 5.91 Å². The summed E-state index contributed by atoms with van der Waals surface area (Å²) in [6.45, 7) is 4.34. The normalized spacial score (nSPS) is 11.1. The summed E-state index contributed by atoms with van der Waals surface area (Å²) < 4.78 is 0. The molecule has 0 aliphatic heterocycles. The molecule has 5 heteroatoms. The minimum Gasteiger partial charge on any atom is -0.366 e. The van der Waals surface area contributed by atoms with Gasteiger partial charge in [-0.05, 0) is 31.0 Å². The summed E-state index contributed by atoms with van der Waals surface area (Å²) in [4.78, 5) is 23.3. The van der Waals surface area contributed by atoms with Gasteiger partial charge in [0.15, 0.2) is 0 Å². The molecule has 0 spiro atoms. The molecule has 0 saturated heterocycles. The lowest BCUT2D eigenvalue weighted by atomic mass is 9.92. The summed E-state index contributed by atoms with van der Waals surface area (Å²) >= 11 is 0. The van der Waals surface area contributed by atoms with E-state index in [0.717, 1.165) is 12.8 Å². The standard InChI is InChI=1S/C14H21N3O2/c1-3-14(4-2,9-15)17-13(19)11-7-5-6-10(8-11)12(16)18/h5-8H,3-4,9,15H2,1-2H3,(H2,16,18)(H,17,19). The molecule has 0 aromatic heterocycles. The fraction of sp³-hybridized carbons (Fsp3) is 0.429. The molecule has 0 atom stereocenters. The zero-order chi connectivity index (χ0) is 14.5. The summed E-state index contributed by atoms with van der Waals surface area (Å²) in [5.74, 6) is -0.789. The van der Waals surface area contributed by atoms with Crippen LogP contribution in [0.3, 0.4) is 0 Å². The van der Waals surface area contributed by atoms with Gasteiger partial charge < -0.3 is 16.8 Å². The quantitative estimate of drug-likeness (QED) is 0.715. The van der Waals surface area contributed by atoms with Crippen molar-refractivity contribution in [2.45, 2.75) is 32.2 Å². The third-order valence-electron chi connectivity index (χ3n) is 3.53. The average molecular weight is 263 g/mol. The SMILES string of the molecule is CCC(CC)(CN)NC(=O)c1cccc(C(N)=O)c1. The lowest BCUT2D eigenvalue weighted by Gasteiger charge is -2.31. The molecule has 1 aromatic rings. The highest BCUT2D eigenvalue weighted by Crippen LogP contribution is 2.15. The highest BCUT2D eigenvalue weighted by molar-refractivity contribution is 5.99. The van der Waals surface area contributed by atoms with Crippen LogP contribution in [-0.4, -0.2) is 23.9 Å². The first-order valence-corrected chi connectivity index (χ1v) is 6.40. The van der Waals surface area contributed by atoms with E-state index in [4.69, 9.17) is 11.5 Å². The number of benzene rings is 1. The molecular weight excluding hydrogens is 242 g/mol. The average Bonchev–Trinajstić information content (AvgIpc) is 2.45. The maximum absolute atomic E-state index is 12.2. The van der Waals surface area contributed by atoms with Crippen LogP contribution in [0.25, 0.3) is 0 Å². The van der Waals surface area contributed by atoms with Gasteiger partial charge in [-0.1, -0.05) is 19.9 Å². The Hall–Kier alpha value is -1.88. The Kier molecular flexibility index (Phi) is 5.06. The fourth-order valence-corrected chi connectivity index (χ4v) is 1.89. The summed E-state index contributed by atoms with van der Waals surface area (Å²) in [6.07, 6.45) is 1.50. The predicted molar refractivity (Wildman–Crippen MR) is 74.8 cm³/mol. The zero-order valence-electron chi connectivity index (χ0n) is 11.4. The van der Waals surface area contributed by atoms with Crippen molar-refractivity contribution in [2.75, 3.05) is 6.54 Å². The van der Waals surface area contributed by atoms with Gasteiger partial charge in [0, 0.05) is 17.7 Å². The number of nitrogens with two attached hydrogens (primary N) is 2. The molecule has 1 aromatic carbocycles. The van der Waals surface area contributed by atoms with Crippen LogP contribution in [-0.2, 0) is 0 Å². The van der Waals surface area contributed by atoms with Crippen LogP contribution in [0.2, 0.25) is 0 Å². The van der Waals surface area contributed by atoms with Crippen LogP contribution < -0.4 is 16.8 Å². The fourth-order valence-electron chi connectivity index (χ4n) is 1.89. The maximum Gasteiger partial charge on any atom is 0.251 e. The smallest absolute Gasteiger partial charge is 0.251 e. The third-order valence-corrected chi connectivity index (χ3v) is 3.53. The minimum absolute atomic E-state index is 0.239. The maximum atomic E-state index is 12.2. The topological polar surface area (TPSA) is 98.2 Å². The number of amides is 2. The van der Waals surface area contributed by atoms with Crippen LogP contribution in [0.15, 0.2) is 24.3 Å². The van der Waals surface area contributed by atoms with Gasteiger partial charge in [-0.25, -0.2) is 0 Å². The van der Waals surface area contributed by atoms with Crippen LogP contribution in [0.1, 0.15) is 47.4 Å². The predicted octanol–water partition coefficient (Wildman–Crippen LogP) is 1.03. The van der Waals surface area contributed by atoms with Gasteiger partial charge in [-0.2, -0.15) is 0 Å². The summed E-state index contributed by atoms with van der Waals surface area (Å²) in [5, 5.41) is 2.95. The molecule has 0 aliphatic rings. The number of hydrogen-bond donors (Lipinski definition) is 3. The number of primary amides is 1. The van der Waals surface area contributed by atoms with Crippen molar-refractivity contribution in [1.82, 2.24) is 5.32 Å². The molecule has 0 unspecified atom stereocenters. The van der Waals surface area contributed by atoms with Crippen molar-refractivity contribution in [3.05, 3.63) is 35.4 Å². The van der Waals surface area contributed by atoms with Crippen molar-refractivity contribution in [3.63, 3.8) is 0 Å². The number of nitrogens with one attached hydrogen (secondary N) is 1. The molecule has 104 valence electrons. The summed E-state index contributed by atoms with van der Waals surface area (Å²) in [6, 6.07) is 6.35. The Balaban J connectivity index is 2.94. The van der Waals surface area contributed by atoms with E-state index >= 15 is 0 Å². The van der Waals surface area contributed by atoms with E-state index in [-0.39, 0.29) is 5.91 Å². The number of carbonyl (C=O) groups is 2. The molecule has 5 N–H and O–H groups in total. The zero-order valence-corrected chi connectivity index (χ0v) is 11.4. The molecule has 0 heterocycles. The Morgan fingerprint density at radius 3 is 2.26 bits per heavy atom. The van der Waals surface area contributed by atoms with Crippen molar-refractivity contribution >= 4 is 11.8 Å². The molecule has 0 radical (unpaired) electrons. The summed E-state index contributed by atoms with van der Waals surface area (Å²) in [7, 11) is 0. The Bertz CT molecular complexity index is 459. The van der Waals surface area contributed by atoms with E-state index in [1.807, 2.05) is 13.8 Å². The van der Waals surface area contributed by atoms with Gasteiger partial charge >= 0.3 is 0 Å². The van der Waals surface area contributed by atoms with Crippen LogP contribution in [0.5, 0.6) is 0 Å². The van der Waals surface area contributed by atoms with Gasteiger partial charge in [0.1, 0.15) is 0 Å². The van der Waals surface area contributed by atoms with Crippen molar-refractivity contribution < 1.29 is 9.59 Å². The minimum atomic E-state index is -0.550. The van der Waals surface area contributed by atoms with Gasteiger partial charge in [0.2, 0.25) is 5.91 Å². The molecule has 2 amide bonds. The highest BCUT2D eigenvalue weighted by Gasteiger charge is 2.26. The second-order valence-corrected chi connectivity index (χ2v) is 4.59. The molecule has 0 saturated carbocycles. The third kappa shape index (κ3) is 3.54. The Morgan fingerprint density at radius 1 is 1.21 bits per heavy atom.